The number of carbonyl (C=O) groups is 2. The predicted octanol–water partition coefficient (Wildman–Crippen LogP) is 1.39. The van der Waals surface area contributed by atoms with Crippen LogP contribution >= 0.6 is 11.8 Å². The first kappa shape index (κ1) is 14.2. The molecule has 0 heterocycles. The van der Waals surface area contributed by atoms with Gasteiger partial charge in [0.15, 0.2) is 0 Å². The Bertz CT molecular complexity index is 292. The average molecular weight is 260 g/mol. The number of carboxylic acids is 1. The summed E-state index contributed by atoms with van der Waals surface area (Å²) in [6, 6.07) is -0.269. The van der Waals surface area contributed by atoms with E-state index >= 15 is 0 Å². The highest BCUT2D eigenvalue weighted by Gasteiger charge is 2.42. The van der Waals surface area contributed by atoms with Gasteiger partial charge in [-0.25, -0.2) is 4.79 Å². The van der Waals surface area contributed by atoms with E-state index in [0.717, 1.165) is 19.3 Å². The van der Waals surface area contributed by atoms with E-state index in [0.29, 0.717) is 13.1 Å². The summed E-state index contributed by atoms with van der Waals surface area (Å²) in [4.78, 5) is 23.8. The first-order valence-electron chi connectivity index (χ1n) is 5.83. The van der Waals surface area contributed by atoms with E-state index in [4.69, 9.17) is 5.11 Å². The molecule has 0 aromatic carbocycles. The molecule has 0 aromatic heterocycles. The highest BCUT2D eigenvalue weighted by atomic mass is 32.2. The minimum atomic E-state index is -0.973. The van der Waals surface area contributed by atoms with Gasteiger partial charge in [0.05, 0.1) is 0 Å². The molecule has 0 spiro atoms. The molecule has 1 aliphatic rings. The number of urea groups is 1. The minimum absolute atomic E-state index is 0.205. The van der Waals surface area contributed by atoms with Gasteiger partial charge in [-0.05, 0) is 25.5 Å². The lowest BCUT2D eigenvalue weighted by Gasteiger charge is -2.22. The van der Waals surface area contributed by atoms with Crippen molar-refractivity contribution < 1.29 is 14.7 Å². The zero-order chi connectivity index (χ0) is 12.9. The lowest BCUT2D eigenvalue weighted by Crippen LogP contribution is -2.45. The molecule has 17 heavy (non-hydrogen) atoms. The number of nitrogens with zero attached hydrogens (tertiary/aromatic N) is 1. The van der Waals surface area contributed by atoms with Crippen LogP contribution in [0.25, 0.3) is 0 Å². The molecule has 1 aliphatic carbocycles. The van der Waals surface area contributed by atoms with Gasteiger partial charge in [0.25, 0.3) is 0 Å². The molecule has 1 rings (SSSR count). The Morgan fingerprint density at radius 3 is 2.53 bits per heavy atom. The van der Waals surface area contributed by atoms with E-state index in [1.165, 1.54) is 4.90 Å². The van der Waals surface area contributed by atoms with Crippen molar-refractivity contribution in [2.75, 3.05) is 25.9 Å². The SMILES string of the molecule is CCCN(CC(=O)O)C(=O)NCC1(SC)CC1. The van der Waals surface area contributed by atoms with Crippen molar-refractivity contribution in [2.24, 2.45) is 0 Å². The number of aliphatic carboxylic acids is 1. The Hall–Kier alpha value is -0.910. The second-order valence-corrected chi connectivity index (χ2v) is 5.64. The van der Waals surface area contributed by atoms with Gasteiger partial charge in [-0.15, -0.1) is 0 Å². The summed E-state index contributed by atoms with van der Waals surface area (Å²) in [7, 11) is 0. The van der Waals surface area contributed by atoms with E-state index in [1.54, 1.807) is 11.8 Å². The summed E-state index contributed by atoms with van der Waals surface area (Å²) in [6.07, 6.45) is 5.05. The number of carboxylic acid groups (broad SMARTS) is 1. The third-order valence-corrected chi connectivity index (χ3v) is 4.33. The first-order chi connectivity index (χ1) is 8.03. The highest BCUT2D eigenvalue weighted by Crippen LogP contribution is 2.46. The van der Waals surface area contributed by atoms with Crippen LogP contribution in [0.2, 0.25) is 0 Å². The van der Waals surface area contributed by atoms with Crippen LogP contribution in [0, 0.1) is 0 Å². The van der Waals surface area contributed by atoms with Gasteiger partial charge >= 0.3 is 12.0 Å². The fraction of sp³-hybridized carbons (Fsp3) is 0.818. The molecule has 5 nitrogen and oxygen atoms in total. The summed E-state index contributed by atoms with van der Waals surface area (Å²) in [5.74, 6) is -0.973. The molecule has 1 fully saturated rings. The van der Waals surface area contributed by atoms with Gasteiger partial charge in [0.1, 0.15) is 6.54 Å². The summed E-state index contributed by atoms with van der Waals surface area (Å²) in [5.41, 5.74) is 0. The van der Waals surface area contributed by atoms with Crippen LogP contribution in [-0.2, 0) is 4.79 Å². The van der Waals surface area contributed by atoms with Crippen LogP contribution < -0.4 is 5.32 Å². The fourth-order valence-corrected chi connectivity index (χ4v) is 2.35. The second-order valence-electron chi connectivity index (χ2n) is 4.36. The second kappa shape index (κ2) is 6.14. The van der Waals surface area contributed by atoms with Crippen molar-refractivity contribution in [1.29, 1.82) is 0 Å². The van der Waals surface area contributed by atoms with Crippen LogP contribution in [0.3, 0.4) is 0 Å². The molecule has 0 radical (unpaired) electrons. The average Bonchev–Trinajstić information content (AvgIpc) is 3.05. The van der Waals surface area contributed by atoms with Gasteiger partial charge in [-0.1, -0.05) is 6.92 Å². The van der Waals surface area contributed by atoms with Gasteiger partial charge in [0.2, 0.25) is 0 Å². The lowest BCUT2D eigenvalue weighted by atomic mass is 10.4. The van der Waals surface area contributed by atoms with Crippen molar-refractivity contribution in [3.8, 4) is 0 Å². The number of rotatable bonds is 7. The zero-order valence-corrected chi connectivity index (χ0v) is 11.2. The molecular weight excluding hydrogens is 240 g/mol. The third-order valence-electron chi connectivity index (χ3n) is 2.91. The molecule has 0 aliphatic heterocycles. The number of hydrogen-bond donors (Lipinski definition) is 2. The van der Waals surface area contributed by atoms with E-state index in [2.05, 4.69) is 5.32 Å². The Morgan fingerprint density at radius 1 is 1.47 bits per heavy atom. The van der Waals surface area contributed by atoms with Crippen molar-refractivity contribution in [3.63, 3.8) is 0 Å². The predicted molar refractivity (Wildman–Crippen MR) is 68.4 cm³/mol. The van der Waals surface area contributed by atoms with Crippen LogP contribution in [0.15, 0.2) is 0 Å². The number of thioether (sulfide) groups is 1. The molecule has 6 heteroatoms. The third kappa shape index (κ3) is 4.46. The normalized spacial score (nSPS) is 16.4. The Labute approximate surface area is 106 Å². The van der Waals surface area contributed by atoms with E-state index in [9.17, 15) is 9.59 Å². The Balaban J connectivity index is 2.39. The summed E-state index contributed by atoms with van der Waals surface area (Å²) in [6.45, 7) is 2.80. The summed E-state index contributed by atoms with van der Waals surface area (Å²) in [5, 5.41) is 11.5. The fourth-order valence-electron chi connectivity index (χ4n) is 1.63. The van der Waals surface area contributed by atoms with Gasteiger partial charge in [-0.2, -0.15) is 11.8 Å². The maximum absolute atomic E-state index is 11.8. The Morgan fingerprint density at radius 2 is 2.12 bits per heavy atom. The number of hydrogen-bond acceptors (Lipinski definition) is 3. The minimum Gasteiger partial charge on any atom is -0.480 e. The smallest absolute Gasteiger partial charge is 0.323 e. The molecule has 0 bridgehead atoms. The first-order valence-corrected chi connectivity index (χ1v) is 7.05. The summed E-state index contributed by atoms with van der Waals surface area (Å²) >= 11 is 1.77. The number of nitrogens with one attached hydrogen (secondary N) is 1. The standard InChI is InChI=1S/C11H20N2O3S/c1-3-6-13(7-9(14)15)10(16)12-8-11(17-2)4-5-11/h3-8H2,1-2H3,(H,12,16)(H,14,15). The molecule has 0 saturated heterocycles. The number of amides is 2. The van der Waals surface area contributed by atoms with Crippen molar-refractivity contribution in [1.82, 2.24) is 10.2 Å². The maximum atomic E-state index is 11.8. The molecular formula is C11H20N2O3S. The van der Waals surface area contributed by atoms with E-state index in [1.807, 2.05) is 13.2 Å². The van der Waals surface area contributed by atoms with Crippen LogP contribution in [-0.4, -0.2) is 52.6 Å². The number of carbonyl (C=O) groups excluding carboxylic acids is 1. The molecule has 0 aromatic rings. The van der Waals surface area contributed by atoms with E-state index < -0.39 is 5.97 Å². The van der Waals surface area contributed by atoms with Gasteiger partial charge < -0.3 is 15.3 Å². The summed E-state index contributed by atoms with van der Waals surface area (Å²) < 4.78 is 0.205. The molecule has 0 atom stereocenters. The zero-order valence-electron chi connectivity index (χ0n) is 10.4. The molecule has 2 amide bonds. The maximum Gasteiger partial charge on any atom is 0.323 e. The highest BCUT2D eigenvalue weighted by molar-refractivity contribution is 8.00. The largest absolute Gasteiger partial charge is 0.480 e. The quantitative estimate of drug-likeness (QED) is 0.725. The van der Waals surface area contributed by atoms with Crippen LogP contribution in [0.5, 0.6) is 0 Å². The molecule has 0 unspecified atom stereocenters. The van der Waals surface area contributed by atoms with Crippen LogP contribution in [0.4, 0.5) is 4.79 Å². The van der Waals surface area contributed by atoms with E-state index in [-0.39, 0.29) is 17.3 Å². The Kier molecular flexibility index (Phi) is 5.11. The van der Waals surface area contributed by atoms with Crippen molar-refractivity contribution >= 4 is 23.8 Å². The topological polar surface area (TPSA) is 69.6 Å². The van der Waals surface area contributed by atoms with Crippen molar-refractivity contribution in [3.05, 3.63) is 0 Å². The van der Waals surface area contributed by atoms with Gasteiger partial charge in [-0.3, -0.25) is 4.79 Å². The lowest BCUT2D eigenvalue weighted by molar-refractivity contribution is -0.137. The van der Waals surface area contributed by atoms with Gasteiger partial charge in [0, 0.05) is 17.8 Å². The van der Waals surface area contributed by atoms with Crippen LogP contribution in [0.1, 0.15) is 26.2 Å². The monoisotopic (exact) mass is 260 g/mol. The molecule has 2 N–H and O–H groups in total. The van der Waals surface area contributed by atoms with Crippen molar-refractivity contribution in [2.45, 2.75) is 30.9 Å². The molecule has 98 valence electrons. The molecule has 1 saturated carbocycles.